The van der Waals surface area contributed by atoms with Crippen LogP contribution >= 0.6 is 0 Å². The number of hydrogen-bond donors (Lipinski definition) is 0. The zero-order chi connectivity index (χ0) is 17.6. The number of esters is 1. The molecular formula is C21H26N2O2. The Hall–Kier alpha value is -2.28. The van der Waals surface area contributed by atoms with Gasteiger partial charge in [0.1, 0.15) is 0 Å². The number of nitrogens with zero attached hydrogens (tertiary/aromatic N) is 2. The maximum absolute atomic E-state index is 11.9. The van der Waals surface area contributed by atoms with Crippen molar-refractivity contribution in [2.75, 3.05) is 7.11 Å². The summed E-state index contributed by atoms with van der Waals surface area (Å²) in [5.41, 5.74) is 2.97. The molecule has 1 aliphatic carbocycles. The molecule has 1 saturated carbocycles. The predicted octanol–water partition coefficient (Wildman–Crippen LogP) is 4.85. The third-order valence-electron chi connectivity index (χ3n) is 5.40. The van der Waals surface area contributed by atoms with Crippen LogP contribution in [0.4, 0.5) is 0 Å². The van der Waals surface area contributed by atoms with E-state index in [1.54, 1.807) is 0 Å². The Balaban J connectivity index is 1.88. The minimum absolute atomic E-state index is 0.301. The van der Waals surface area contributed by atoms with Crippen molar-refractivity contribution in [2.24, 2.45) is 5.92 Å². The van der Waals surface area contributed by atoms with Gasteiger partial charge in [-0.15, -0.1) is 0 Å². The molecule has 3 rings (SSSR count). The van der Waals surface area contributed by atoms with Crippen LogP contribution in [0.5, 0.6) is 0 Å². The number of benzene rings is 1. The summed E-state index contributed by atoms with van der Waals surface area (Å²) in [6.07, 6.45) is 11.7. The SMILES string of the molecule is COC(=O)c1ccc2c(c1)c(CCC1CCCCC1)cn2CCC#N. The molecule has 1 aromatic heterocycles. The molecule has 4 nitrogen and oxygen atoms in total. The highest BCUT2D eigenvalue weighted by Crippen LogP contribution is 2.30. The van der Waals surface area contributed by atoms with E-state index in [4.69, 9.17) is 10.00 Å². The van der Waals surface area contributed by atoms with Gasteiger partial charge in [0.15, 0.2) is 0 Å². The summed E-state index contributed by atoms with van der Waals surface area (Å²) in [4.78, 5) is 11.9. The van der Waals surface area contributed by atoms with Crippen molar-refractivity contribution in [2.45, 2.75) is 57.9 Å². The number of ether oxygens (including phenoxy) is 1. The van der Waals surface area contributed by atoms with E-state index in [-0.39, 0.29) is 5.97 Å². The number of methoxy groups -OCH3 is 1. The van der Waals surface area contributed by atoms with E-state index in [9.17, 15) is 4.79 Å². The molecule has 0 N–H and O–H groups in total. The van der Waals surface area contributed by atoms with Crippen molar-refractivity contribution >= 4 is 16.9 Å². The molecule has 1 aromatic carbocycles. The maximum atomic E-state index is 11.9. The van der Waals surface area contributed by atoms with E-state index < -0.39 is 0 Å². The van der Waals surface area contributed by atoms with Gasteiger partial charge in [0.05, 0.1) is 25.2 Å². The molecule has 0 aliphatic heterocycles. The Kier molecular flexibility index (Phi) is 5.75. The van der Waals surface area contributed by atoms with Crippen molar-refractivity contribution in [1.29, 1.82) is 5.26 Å². The highest BCUT2D eigenvalue weighted by Gasteiger charge is 2.16. The molecule has 2 aromatic rings. The molecule has 0 atom stereocenters. The van der Waals surface area contributed by atoms with Crippen LogP contribution in [0.1, 0.15) is 60.9 Å². The van der Waals surface area contributed by atoms with Crippen LogP contribution in [-0.2, 0) is 17.7 Å². The monoisotopic (exact) mass is 338 g/mol. The van der Waals surface area contributed by atoms with E-state index in [0.29, 0.717) is 18.5 Å². The largest absolute Gasteiger partial charge is 0.465 e. The highest BCUT2D eigenvalue weighted by atomic mass is 16.5. The molecule has 1 aliphatic rings. The van der Waals surface area contributed by atoms with Gasteiger partial charge in [0.2, 0.25) is 0 Å². The number of carbonyl (C=O) groups is 1. The molecule has 0 radical (unpaired) electrons. The molecule has 0 spiro atoms. The first-order valence-electron chi connectivity index (χ1n) is 9.30. The van der Waals surface area contributed by atoms with Crippen molar-refractivity contribution in [3.63, 3.8) is 0 Å². The van der Waals surface area contributed by atoms with Gasteiger partial charge in [-0.05, 0) is 42.5 Å². The summed E-state index contributed by atoms with van der Waals surface area (Å²) >= 11 is 0. The molecule has 132 valence electrons. The zero-order valence-electron chi connectivity index (χ0n) is 15.0. The Morgan fingerprint density at radius 2 is 2.12 bits per heavy atom. The van der Waals surface area contributed by atoms with Gasteiger partial charge in [-0.1, -0.05) is 32.1 Å². The first-order chi connectivity index (χ1) is 12.2. The second kappa shape index (κ2) is 8.20. The molecule has 1 fully saturated rings. The molecule has 0 amide bonds. The highest BCUT2D eigenvalue weighted by molar-refractivity contribution is 5.95. The number of hydrogen-bond acceptors (Lipinski definition) is 3. The number of aryl methyl sites for hydroxylation is 2. The van der Waals surface area contributed by atoms with E-state index >= 15 is 0 Å². The lowest BCUT2D eigenvalue weighted by atomic mass is 9.85. The third-order valence-corrected chi connectivity index (χ3v) is 5.40. The normalized spacial score (nSPS) is 15.2. The molecule has 0 saturated heterocycles. The lowest BCUT2D eigenvalue weighted by Gasteiger charge is -2.21. The number of rotatable bonds is 6. The molecular weight excluding hydrogens is 312 g/mol. The second-order valence-electron chi connectivity index (χ2n) is 7.02. The van der Waals surface area contributed by atoms with Gasteiger partial charge in [0, 0.05) is 23.6 Å². The fourth-order valence-electron chi connectivity index (χ4n) is 4.01. The van der Waals surface area contributed by atoms with Crippen LogP contribution in [-0.4, -0.2) is 17.6 Å². The summed E-state index contributed by atoms with van der Waals surface area (Å²) in [5, 5.41) is 10.0. The molecule has 0 unspecified atom stereocenters. The Morgan fingerprint density at radius 1 is 1.32 bits per heavy atom. The van der Waals surface area contributed by atoms with Gasteiger partial charge in [0.25, 0.3) is 0 Å². The summed E-state index contributed by atoms with van der Waals surface area (Å²) in [6.45, 7) is 0.688. The minimum atomic E-state index is -0.301. The second-order valence-corrected chi connectivity index (χ2v) is 7.02. The predicted molar refractivity (Wildman–Crippen MR) is 98.4 cm³/mol. The molecule has 0 bridgehead atoms. The summed E-state index contributed by atoms with van der Waals surface area (Å²) in [5.74, 6) is 0.528. The quantitative estimate of drug-likeness (QED) is 0.707. The maximum Gasteiger partial charge on any atom is 0.337 e. The van der Waals surface area contributed by atoms with Gasteiger partial charge in [-0.3, -0.25) is 0 Å². The summed E-state index contributed by atoms with van der Waals surface area (Å²) in [6, 6.07) is 7.95. The average Bonchev–Trinajstić information content (AvgIpc) is 3.02. The smallest absolute Gasteiger partial charge is 0.337 e. The minimum Gasteiger partial charge on any atom is -0.465 e. The fraction of sp³-hybridized carbons (Fsp3) is 0.524. The van der Waals surface area contributed by atoms with Gasteiger partial charge in [-0.25, -0.2) is 4.79 Å². The van der Waals surface area contributed by atoms with Crippen LogP contribution in [0, 0.1) is 17.2 Å². The topological polar surface area (TPSA) is 55.0 Å². The molecule has 4 heteroatoms. The number of nitriles is 1. The van der Waals surface area contributed by atoms with E-state index in [1.165, 1.54) is 51.2 Å². The Labute approximate surface area is 149 Å². The lowest BCUT2D eigenvalue weighted by Crippen LogP contribution is -2.07. The van der Waals surface area contributed by atoms with Gasteiger partial charge >= 0.3 is 5.97 Å². The Morgan fingerprint density at radius 3 is 2.84 bits per heavy atom. The van der Waals surface area contributed by atoms with Gasteiger partial charge in [-0.2, -0.15) is 5.26 Å². The number of carbonyl (C=O) groups excluding carboxylic acids is 1. The van der Waals surface area contributed by atoms with Crippen LogP contribution in [0.25, 0.3) is 10.9 Å². The van der Waals surface area contributed by atoms with E-state index in [0.717, 1.165) is 23.2 Å². The summed E-state index contributed by atoms with van der Waals surface area (Å²) in [7, 11) is 1.41. The zero-order valence-corrected chi connectivity index (χ0v) is 15.0. The van der Waals surface area contributed by atoms with Crippen molar-refractivity contribution in [1.82, 2.24) is 4.57 Å². The van der Waals surface area contributed by atoms with Crippen molar-refractivity contribution in [3.05, 3.63) is 35.5 Å². The fourth-order valence-corrected chi connectivity index (χ4v) is 4.01. The number of fused-ring (bicyclic) bond motifs is 1. The van der Waals surface area contributed by atoms with Gasteiger partial charge < -0.3 is 9.30 Å². The van der Waals surface area contributed by atoms with Crippen LogP contribution in [0.3, 0.4) is 0 Å². The third kappa shape index (κ3) is 4.04. The molecule has 25 heavy (non-hydrogen) atoms. The first kappa shape index (κ1) is 17.5. The summed E-state index contributed by atoms with van der Waals surface area (Å²) < 4.78 is 7.01. The number of aromatic nitrogens is 1. The van der Waals surface area contributed by atoms with Crippen LogP contribution in [0.2, 0.25) is 0 Å². The van der Waals surface area contributed by atoms with Crippen LogP contribution in [0.15, 0.2) is 24.4 Å². The van der Waals surface area contributed by atoms with Crippen LogP contribution < -0.4 is 0 Å². The van der Waals surface area contributed by atoms with E-state index in [1.807, 2.05) is 18.2 Å². The standard InChI is InChI=1S/C21H26N2O2/c1-25-21(24)17-10-11-20-19(14-17)18(15-23(20)13-5-12-22)9-8-16-6-3-2-4-7-16/h10-11,14-16H,2-9,13H2,1H3. The van der Waals surface area contributed by atoms with Crippen molar-refractivity contribution < 1.29 is 9.53 Å². The molecule has 1 heterocycles. The van der Waals surface area contributed by atoms with Crippen molar-refractivity contribution in [3.8, 4) is 6.07 Å². The lowest BCUT2D eigenvalue weighted by molar-refractivity contribution is 0.0601. The Bertz CT molecular complexity index is 779. The van der Waals surface area contributed by atoms with E-state index in [2.05, 4.69) is 16.8 Å². The first-order valence-corrected chi connectivity index (χ1v) is 9.30. The average molecular weight is 338 g/mol.